The van der Waals surface area contributed by atoms with Crippen molar-refractivity contribution in [1.82, 2.24) is 5.32 Å². The van der Waals surface area contributed by atoms with Crippen molar-refractivity contribution < 1.29 is 0 Å². The Morgan fingerprint density at radius 3 is 2.50 bits per heavy atom. The first-order valence-corrected chi connectivity index (χ1v) is 8.54. The van der Waals surface area contributed by atoms with Gasteiger partial charge >= 0.3 is 0 Å². The molecule has 1 unspecified atom stereocenters. The summed E-state index contributed by atoms with van der Waals surface area (Å²) in [6, 6.07) is 11.9. The molecule has 0 amide bonds. The van der Waals surface area contributed by atoms with Gasteiger partial charge in [-0.2, -0.15) is 0 Å². The monoisotopic (exact) mass is 285 g/mol. The Hall–Kier alpha value is -1.12. The zero-order valence-corrected chi connectivity index (χ0v) is 13.2. The average Bonchev–Trinajstić information content (AvgIpc) is 2.88. The lowest BCUT2D eigenvalue weighted by molar-refractivity contribution is 0.419. The predicted molar refractivity (Wildman–Crippen MR) is 87.6 cm³/mol. The summed E-state index contributed by atoms with van der Waals surface area (Å²) in [7, 11) is 2.06. The molecule has 106 valence electrons. The van der Waals surface area contributed by atoms with E-state index in [4.69, 9.17) is 0 Å². The molecule has 1 aromatic carbocycles. The zero-order chi connectivity index (χ0) is 13.9. The molecule has 1 aliphatic carbocycles. The summed E-state index contributed by atoms with van der Waals surface area (Å²) in [6.45, 7) is 2.23. The highest BCUT2D eigenvalue weighted by molar-refractivity contribution is 7.10. The molecule has 0 bridgehead atoms. The van der Waals surface area contributed by atoms with Crippen molar-refractivity contribution in [2.75, 3.05) is 7.05 Å². The SMILES string of the molecule is CCc1ccsc1C(NC)c1ccc(C2CCC2)cc1. The van der Waals surface area contributed by atoms with Gasteiger partial charge in [-0.3, -0.25) is 0 Å². The van der Waals surface area contributed by atoms with Crippen LogP contribution in [-0.2, 0) is 6.42 Å². The van der Waals surface area contributed by atoms with Crippen LogP contribution in [0.2, 0.25) is 0 Å². The largest absolute Gasteiger partial charge is 0.309 e. The topological polar surface area (TPSA) is 12.0 Å². The molecular formula is C18H23NS. The first-order valence-electron chi connectivity index (χ1n) is 7.67. The second-order valence-corrected chi connectivity index (χ2v) is 6.63. The van der Waals surface area contributed by atoms with E-state index >= 15 is 0 Å². The summed E-state index contributed by atoms with van der Waals surface area (Å²) in [5.41, 5.74) is 4.38. The van der Waals surface area contributed by atoms with E-state index in [-0.39, 0.29) is 0 Å². The summed E-state index contributed by atoms with van der Waals surface area (Å²) >= 11 is 1.87. The summed E-state index contributed by atoms with van der Waals surface area (Å²) in [5.74, 6) is 0.824. The Morgan fingerprint density at radius 2 is 1.95 bits per heavy atom. The fourth-order valence-corrected chi connectivity index (χ4v) is 4.18. The molecule has 3 rings (SSSR count). The van der Waals surface area contributed by atoms with Crippen LogP contribution in [0.1, 0.15) is 59.7 Å². The minimum Gasteiger partial charge on any atom is -0.309 e. The molecule has 0 aliphatic heterocycles. The van der Waals surface area contributed by atoms with E-state index in [1.165, 1.54) is 40.8 Å². The lowest BCUT2D eigenvalue weighted by Gasteiger charge is -2.26. The fraction of sp³-hybridized carbons (Fsp3) is 0.444. The maximum absolute atomic E-state index is 3.48. The van der Waals surface area contributed by atoms with E-state index in [1.54, 1.807) is 0 Å². The van der Waals surface area contributed by atoms with Crippen LogP contribution in [0.4, 0.5) is 0 Å². The third kappa shape index (κ3) is 2.55. The van der Waals surface area contributed by atoms with Gasteiger partial charge in [0.15, 0.2) is 0 Å². The van der Waals surface area contributed by atoms with Crippen molar-refractivity contribution in [3.8, 4) is 0 Å². The molecule has 1 aliphatic rings. The van der Waals surface area contributed by atoms with Crippen LogP contribution in [0, 0.1) is 0 Å². The summed E-state index contributed by atoms with van der Waals surface area (Å²) in [6.07, 6.45) is 5.26. The van der Waals surface area contributed by atoms with Crippen LogP contribution in [0.5, 0.6) is 0 Å². The summed E-state index contributed by atoms with van der Waals surface area (Å²) < 4.78 is 0. The first kappa shape index (κ1) is 13.8. The standard InChI is InChI=1S/C18H23NS/c1-3-13-11-12-20-18(13)17(19-2)16-9-7-15(8-10-16)14-5-4-6-14/h7-12,14,17,19H,3-6H2,1-2H3. The average molecular weight is 285 g/mol. The number of rotatable bonds is 5. The maximum atomic E-state index is 3.48. The van der Waals surface area contributed by atoms with E-state index < -0.39 is 0 Å². The Morgan fingerprint density at radius 1 is 1.20 bits per heavy atom. The second kappa shape index (κ2) is 6.11. The van der Waals surface area contributed by atoms with E-state index in [0.717, 1.165) is 12.3 Å². The molecule has 1 N–H and O–H groups in total. The third-order valence-electron chi connectivity index (χ3n) is 4.56. The highest BCUT2D eigenvalue weighted by Crippen LogP contribution is 2.37. The van der Waals surface area contributed by atoms with Crippen LogP contribution < -0.4 is 5.32 Å². The molecule has 1 saturated carbocycles. The van der Waals surface area contributed by atoms with Crippen LogP contribution in [0.3, 0.4) is 0 Å². The van der Waals surface area contributed by atoms with Crippen molar-refractivity contribution in [3.05, 3.63) is 57.3 Å². The Labute approximate surface area is 126 Å². The predicted octanol–water partition coefficient (Wildman–Crippen LogP) is 4.89. The van der Waals surface area contributed by atoms with Crippen LogP contribution in [0.25, 0.3) is 0 Å². The summed E-state index contributed by atoms with van der Waals surface area (Å²) in [5, 5.41) is 5.69. The minimum absolute atomic E-state index is 0.334. The van der Waals surface area contributed by atoms with E-state index in [1.807, 2.05) is 11.3 Å². The molecule has 20 heavy (non-hydrogen) atoms. The highest BCUT2D eigenvalue weighted by atomic mass is 32.1. The Bertz CT molecular complexity index is 551. The first-order chi connectivity index (χ1) is 9.83. The van der Waals surface area contributed by atoms with E-state index in [9.17, 15) is 0 Å². The molecule has 2 heteroatoms. The number of hydrogen-bond donors (Lipinski definition) is 1. The Kier molecular flexibility index (Phi) is 4.23. The molecule has 1 heterocycles. The highest BCUT2D eigenvalue weighted by Gasteiger charge is 2.20. The normalized spacial score (nSPS) is 16.9. The Balaban J connectivity index is 1.85. The van der Waals surface area contributed by atoms with Gasteiger partial charge in [0.1, 0.15) is 0 Å². The number of thiophene rings is 1. The lowest BCUT2D eigenvalue weighted by Crippen LogP contribution is -2.18. The van der Waals surface area contributed by atoms with Gasteiger partial charge in [0.05, 0.1) is 6.04 Å². The molecule has 0 spiro atoms. The lowest BCUT2D eigenvalue weighted by atomic mass is 9.80. The molecule has 1 fully saturated rings. The molecular weight excluding hydrogens is 262 g/mol. The van der Waals surface area contributed by atoms with Gasteiger partial charge in [0.25, 0.3) is 0 Å². The molecule has 1 aromatic heterocycles. The van der Waals surface area contributed by atoms with Gasteiger partial charge in [-0.05, 0) is 60.4 Å². The number of nitrogens with one attached hydrogen (secondary N) is 1. The summed E-state index contributed by atoms with van der Waals surface area (Å²) in [4.78, 5) is 1.46. The number of aryl methyl sites for hydroxylation is 1. The zero-order valence-electron chi connectivity index (χ0n) is 12.4. The van der Waals surface area contributed by atoms with Crippen LogP contribution >= 0.6 is 11.3 Å². The maximum Gasteiger partial charge on any atom is 0.0671 e. The van der Waals surface area contributed by atoms with Gasteiger partial charge in [0, 0.05) is 4.88 Å². The van der Waals surface area contributed by atoms with Crippen LogP contribution in [0.15, 0.2) is 35.7 Å². The third-order valence-corrected chi connectivity index (χ3v) is 5.58. The quantitative estimate of drug-likeness (QED) is 0.825. The van der Waals surface area contributed by atoms with Gasteiger partial charge in [-0.25, -0.2) is 0 Å². The second-order valence-electron chi connectivity index (χ2n) is 5.68. The van der Waals surface area contributed by atoms with Crippen molar-refractivity contribution in [1.29, 1.82) is 0 Å². The van der Waals surface area contributed by atoms with Gasteiger partial charge in [-0.1, -0.05) is 37.6 Å². The van der Waals surface area contributed by atoms with E-state index in [2.05, 4.69) is 55.0 Å². The molecule has 1 atom stereocenters. The van der Waals surface area contributed by atoms with Crippen molar-refractivity contribution in [2.45, 2.75) is 44.6 Å². The molecule has 1 nitrogen and oxygen atoms in total. The molecule has 0 saturated heterocycles. The van der Waals surface area contributed by atoms with Crippen LogP contribution in [-0.4, -0.2) is 7.05 Å². The van der Waals surface area contributed by atoms with Gasteiger partial charge in [-0.15, -0.1) is 11.3 Å². The number of benzene rings is 1. The fourth-order valence-electron chi connectivity index (χ4n) is 3.04. The van der Waals surface area contributed by atoms with Gasteiger partial charge in [0.2, 0.25) is 0 Å². The molecule has 2 aromatic rings. The van der Waals surface area contributed by atoms with Crippen molar-refractivity contribution in [3.63, 3.8) is 0 Å². The minimum atomic E-state index is 0.334. The van der Waals surface area contributed by atoms with Gasteiger partial charge < -0.3 is 5.32 Å². The number of hydrogen-bond acceptors (Lipinski definition) is 2. The molecule has 0 radical (unpaired) electrons. The van der Waals surface area contributed by atoms with Crippen molar-refractivity contribution >= 4 is 11.3 Å². The van der Waals surface area contributed by atoms with E-state index in [0.29, 0.717) is 6.04 Å². The smallest absolute Gasteiger partial charge is 0.0671 e. The van der Waals surface area contributed by atoms with Crippen molar-refractivity contribution in [2.24, 2.45) is 0 Å².